The molecule has 4 rings (SSSR count). The van der Waals surface area contributed by atoms with Crippen LogP contribution in [0.1, 0.15) is 51.9 Å². The van der Waals surface area contributed by atoms with Gasteiger partial charge in [0.25, 0.3) is 0 Å². The number of carbonyl (C=O) groups is 1. The van der Waals surface area contributed by atoms with Crippen LogP contribution >= 0.6 is 0 Å². The largest absolute Gasteiger partial charge is 0.490 e. The average Bonchev–Trinajstić information content (AvgIpc) is 2.91. The molecule has 1 aliphatic carbocycles. The van der Waals surface area contributed by atoms with E-state index in [1.54, 1.807) is 0 Å². The minimum absolute atomic E-state index is 0.236. The highest BCUT2D eigenvalue weighted by Gasteiger charge is 2.35. The van der Waals surface area contributed by atoms with Crippen LogP contribution in [0.2, 0.25) is 0 Å². The number of ether oxygens (including phenoxy) is 1. The molecule has 1 aromatic carbocycles. The molecule has 130 valence electrons. The van der Waals surface area contributed by atoms with Crippen LogP contribution in [0, 0.1) is 0 Å². The number of amides is 1. The summed E-state index contributed by atoms with van der Waals surface area (Å²) in [7, 11) is 0. The average molecular weight is 328 g/mol. The molecule has 1 atom stereocenters. The standard InChI is InChI=1S/C20H28N2O2/c1-15-5-10-20(23)22(15)16-6-8-18(9-7-16)24-19-13-17(14-19)21-11-3-2-4-12-21/h6-9,15,17,19H,2-5,10-14H2,1H3/t15-,17-,19-/m1/s1. The first-order valence-corrected chi connectivity index (χ1v) is 9.53. The molecular formula is C20H28N2O2. The second kappa shape index (κ2) is 6.75. The van der Waals surface area contributed by atoms with Crippen LogP contribution in [-0.2, 0) is 4.79 Å². The predicted octanol–water partition coefficient (Wildman–Crippen LogP) is 3.60. The van der Waals surface area contributed by atoms with Crippen LogP contribution in [0.15, 0.2) is 24.3 Å². The van der Waals surface area contributed by atoms with E-state index in [4.69, 9.17) is 4.74 Å². The molecule has 1 amide bonds. The van der Waals surface area contributed by atoms with Crippen molar-refractivity contribution in [2.24, 2.45) is 0 Å². The van der Waals surface area contributed by atoms with E-state index in [9.17, 15) is 4.79 Å². The van der Waals surface area contributed by atoms with Gasteiger partial charge in [0.15, 0.2) is 0 Å². The van der Waals surface area contributed by atoms with Gasteiger partial charge in [-0.2, -0.15) is 0 Å². The molecule has 3 aliphatic rings. The molecule has 2 saturated heterocycles. The minimum Gasteiger partial charge on any atom is -0.490 e. The summed E-state index contributed by atoms with van der Waals surface area (Å²) in [6.07, 6.45) is 8.40. The zero-order chi connectivity index (χ0) is 16.5. The number of carbonyl (C=O) groups excluding carboxylic acids is 1. The molecule has 24 heavy (non-hydrogen) atoms. The Kier molecular flexibility index (Phi) is 4.49. The van der Waals surface area contributed by atoms with Crippen molar-refractivity contribution in [1.29, 1.82) is 0 Å². The van der Waals surface area contributed by atoms with Crippen molar-refractivity contribution in [2.45, 2.75) is 70.1 Å². The molecule has 2 heterocycles. The Morgan fingerprint density at radius 3 is 2.38 bits per heavy atom. The number of hydrogen-bond donors (Lipinski definition) is 0. The Morgan fingerprint density at radius 1 is 1.04 bits per heavy atom. The summed E-state index contributed by atoms with van der Waals surface area (Å²) < 4.78 is 6.11. The molecule has 0 N–H and O–H groups in total. The van der Waals surface area contributed by atoms with Crippen molar-refractivity contribution in [2.75, 3.05) is 18.0 Å². The summed E-state index contributed by atoms with van der Waals surface area (Å²) in [6, 6.07) is 9.12. The summed E-state index contributed by atoms with van der Waals surface area (Å²) in [6.45, 7) is 4.66. The number of likely N-dealkylation sites (tertiary alicyclic amines) is 1. The molecule has 4 heteroatoms. The maximum atomic E-state index is 12.0. The lowest BCUT2D eigenvalue weighted by atomic mass is 9.86. The third-order valence-electron chi connectivity index (χ3n) is 5.88. The highest BCUT2D eigenvalue weighted by molar-refractivity contribution is 5.96. The number of nitrogens with zero attached hydrogens (tertiary/aromatic N) is 2. The summed E-state index contributed by atoms with van der Waals surface area (Å²) >= 11 is 0. The van der Waals surface area contributed by atoms with Gasteiger partial charge in [-0.1, -0.05) is 6.42 Å². The first kappa shape index (κ1) is 15.9. The van der Waals surface area contributed by atoms with E-state index in [0.717, 1.165) is 36.7 Å². The normalized spacial score (nSPS) is 31.1. The Morgan fingerprint density at radius 2 is 1.75 bits per heavy atom. The van der Waals surface area contributed by atoms with E-state index in [1.807, 2.05) is 29.2 Å². The van der Waals surface area contributed by atoms with Crippen LogP contribution in [0.25, 0.3) is 0 Å². The molecule has 1 saturated carbocycles. The number of hydrogen-bond acceptors (Lipinski definition) is 3. The molecule has 0 bridgehead atoms. The van der Waals surface area contributed by atoms with Crippen molar-refractivity contribution < 1.29 is 9.53 Å². The van der Waals surface area contributed by atoms with Gasteiger partial charge in [-0.15, -0.1) is 0 Å². The molecule has 0 unspecified atom stereocenters. The number of rotatable bonds is 4. The fourth-order valence-electron chi connectivity index (χ4n) is 4.32. The zero-order valence-electron chi connectivity index (χ0n) is 14.6. The molecule has 0 spiro atoms. The first-order valence-electron chi connectivity index (χ1n) is 9.53. The molecule has 1 aromatic rings. The zero-order valence-corrected chi connectivity index (χ0v) is 14.6. The van der Waals surface area contributed by atoms with Crippen molar-refractivity contribution in [3.05, 3.63) is 24.3 Å². The van der Waals surface area contributed by atoms with E-state index in [1.165, 1.54) is 32.4 Å². The fourth-order valence-corrected chi connectivity index (χ4v) is 4.32. The van der Waals surface area contributed by atoms with Crippen LogP contribution in [0.5, 0.6) is 5.75 Å². The maximum Gasteiger partial charge on any atom is 0.227 e. The number of benzene rings is 1. The van der Waals surface area contributed by atoms with Gasteiger partial charge >= 0.3 is 0 Å². The summed E-state index contributed by atoms with van der Waals surface area (Å²) in [5.41, 5.74) is 0.997. The Balaban J connectivity index is 1.30. The van der Waals surface area contributed by atoms with Crippen LogP contribution in [-0.4, -0.2) is 42.1 Å². The highest BCUT2D eigenvalue weighted by Crippen LogP contribution is 2.33. The molecule has 0 aromatic heterocycles. The number of piperidine rings is 1. The quantitative estimate of drug-likeness (QED) is 0.846. The summed E-state index contributed by atoms with van der Waals surface area (Å²) in [4.78, 5) is 16.5. The van der Waals surface area contributed by atoms with Crippen LogP contribution in [0.4, 0.5) is 5.69 Å². The first-order chi connectivity index (χ1) is 11.7. The van der Waals surface area contributed by atoms with Crippen molar-refractivity contribution >= 4 is 11.6 Å². The summed E-state index contributed by atoms with van der Waals surface area (Å²) in [5, 5.41) is 0. The second-order valence-corrected chi connectivity index (χ2v) is 7.61. The van der Waals surface area contributed by atoms with E-state index >= 15 is 0 Å². The van der Waals surface area contributed by atoms with Gasteiger partial charge < -0.3 is 14.5 Å². The number of anilines is 1. The lowest BCUT2D eigenvalue weighted by Gasteiger charge is -2.44. The van der Waals surface area contributed by atoms with Gasteiger partial charge in [0.2, 0.25) is 5.91 Å². The van der Waals surface area contributed by atoms with Crippen molar-refractivity contribution in [3.8, 4) is 5.75 Å². The third kappa shape index (κ3) is 3.16. The monoisotopic (exact) mass is 328 g/mol. The van der Waals surface area contributed by atoms with Gasteiger partial charge in [-0.25, -0.2) is 0 Å². The lowest BCUT2D eigenvalue weighted by molar-refractivity contribution is -0.117. The van der Waals surface area contributed by atoms with E-state index < -0.39 is 0 Å². The Hall–Kier alpha value is -1.55. The van der Waals surface area contributed by atoms with Crippen LogP contribution in [0.3, 0.4) is 0 Å². The Bertz CT molecular complexity index is 574. The molecule has 3 fully saturated rings. The van der Waals surface area contributed by atoms with Crippen molar-refractivity contribution in [3.63, 3.8) is 0 Å². The predicted molar refractivity (Wildman–Crippen MR) is 95.5 cm³/mol. The van der Waals surface area contributed by atoms with Gasteiger partial charge in [-0.3, -0.25) is 4.79 Å². The van der Waals surface area contributed by atoms with Crippen molar-refractivity contribution in [1.82, 2.24) is 4.90 Å². The van der Waals surface area contributed by atoms with Gasteiger partial charge in [0.05, 0.1) is 0 Å². The molecule has 2 aliphatic heterocycles. The highest BCUT2D eigenvalue weighted by atomic mass is 16.5. The SMILES string of the molecule is C[C@@H]1CCC(=O)N1c1ccc(O[C@H]2C[C@H](N3CCCCC3)C2)cc1. The minimum atomic E-state index is 0.236. The Labute approximate surface area is 144 Å². The molecule has 4 nitrogen and oxygen atoms in total. The fraction of sp³-hybridized carbons (Fsp3) is 0.650. The van der Waals surface area contributed by atoms with E-state index in [-0.39, 0.29) is 5.91 Å². The smallest absolute Gasteiger partial charge is 0.227 e. The maximum absolute atomic E-state index is 12.0. The topological polar surface area (TPSA) is 32.8 Å². The van der Waals surface area contributed by atoms with E-state index in [2.05, 4.69) is 11.8 Å². The van der Waals surface area contributed by atoms with E-state index in [0.29, 0.717) is 18.6 Å². The second-order valence-electron chi connectivity index (χ2n) is 7.61. The molecular weight excluding hydrogens is 300 g/mol. The van der Waals surface area contributed by atoms with Gasteiger partial charge in [0, 0.05) is 37.0 Å². The van der Waals surface area contributed by atoms with Crippen LogP contribution < -0.4 is 9.64 Å². The van der Waals surface area contributed by atoms with Gasteiger partial charge in [-0.05, 0) is 63.5 Å². The van der Waals surface area contributed by atoms with Gasteiger partial charge in [0.1, 0.15) is 11.9 Å². The lowest BCUT2D eigenvalue weighted by Crippen LogP contribution is -2.50. The molecule has 0 radical (unpaired) electrons. The third-order valence-corrected chi connectivity index (χ3v) is 5.88. The summed E-state index contributed by atoms with van der Waals surface area (Å²) in [5.74, 6) is 1.17.